The van der Waals surface area contributed by atoms with Crippen molar-refractivity contribution >= 4 is 0 Å². The fourth-order valence-corrected chi connectivity index (χ4v) is 13.5. The standard InChI is InChI=1S/C42H73N/c1-30-31(2)33(4)42(34(5)32(30)3,39(9)24-18-12-13-19-25-39)43(11)40(10)26-20-14-15-21-27-41(40)29-35(28-38(6,7)8)36-22-16-17-23-37(36)41/h16-17,22-23,30-37H,12-15,18-21,24-29H2,1-11H3. The molecule has 0 heterocycles. The molecule has 1 spiro atoms. The molecule has 4 saturated carbocycles. The van der Waals surface area contributed by atoms with Gasteiger partial charge in [0.15, 0.2) is 0 Å². The average molecular weight is 592 g/mol. The highest BCUT2D eigenvalue weighted by atomic mass is 15.3. The first kappa shape index (κ1) is 33.8. The molecule has 0 aromatic rings. The first-order chi connectivity index (χ1) is 20.2. The molecule has 0 aromatic heterocycles. The zero-order valence-corrected chi connectivity index (χ0v) is 30.8. The van der Waals surface area contributed by atoms with Crippen LogP contribution in [0.1, 0.15) is 159 Å². The topological polar surface area (TPSA) is 3.24 Å². The van der Waals surface area contributed by atoms with E-state index in [1.54, 1.807) is 0 Å². The van der Waals surface area contributed by atoms with Crippen LogP contribution in [0.3, 0.4) is 0 Å². The van der Waals surface area contributed by atoms with Gasteiger partial charge in [0.2, 0.25) is 0 Å². The summed E-state index contributed by atoms with van der Waals surface area (Å²) in [6.07, 6.45) is 30.1. The molecule has 0 N–H and O–H groups in total. The van der Waals surface area contributed by atoms with E-state index in [-0.39, 0.29) is 11.1 Å². The summed E-state index contributed by atoms with van der Waals surface area (Å²) in [6.45, 7) is 26.5. The molecular weight excluding hydrogens is 518 g/mol. The van der Waals surface area contributed by atoms with Crippen LogP contribution in [0, 0.1) is 63.6 Å². The van der Waals surface area contributed by atoms with Gasteiger partial charge in [0, 0.05) is 11.1 Å². The molecule has 0 aromatic carbocycles. The van der Waals surface area contributed by atoms with Crippen molar-refractivity contribution in [1.29, 1.82) is 0 Å². The number of hydrogen-bond donors (Lipinski definition) is 0. The van der Waals surface area contributed by atoms with E-state index in [1.807, 2.05) is 0 Å². The summed E-state index contributed by atoms with van der Waals surface area (Å²) in [5.41, 5.74) is 1.48. The predicted molar refractivity (Wildman–Crippen MR) is 188 cm³/mol. The fourth-order valence-electron chi connectivity index (χ4n) is 13.5. The van der Waals surface area contributed by atoms with Crippen LogP contribution < -0.4 is 0 Å². The van der Waals surface area contributed by atoms with Gasteiger partial charge in [-0.2, -0.15) is 0 Å². The highest BCUT2D eigenvalue weighted by Gasteiger charge is 2.69. The van der Waals surface area contributed by atoms with Crippen LogP contribution in [0.2, 0.25) is 0 Å². The van der Waals surface area contributed by atoms with Gasteiger partial charge in [-0.15, -0.1) is 0 Å². The van der Waals surface area contributed by atoms with Gasteiger partial charge in [-0.1, -0.05) is 138 Å². The van der Waals surface area contributed by atoms with E-state index in [1.165, 1.54) is 89.9 Å². The van der Waals surface area contributed by atoms with Crippen LogP contribution >= 0.6 is 0 Å². The van der Waals surface area contributed by atoms with E-state index >= 15 is 0 Å². The van der Waals surface area contributed by atoms with Crippen LogP contribution in [-0.2, 0) is 0 Å². The largest absolute Gasteiger partial charge is 0.294 e. The molecular formula is C42H73N. The molecule has 1 nitrogen and oxygen atoms in total. The van der Waals surface area contributed by atoms with Crippen LogP contribution in [0.5, 0.6) is 0 Å². The maximum absolute atomic E-state index is 3.26. The molecule has 5 aliphatic rings. The molecule has 0 amide bonds. The minimum Gasteiger partial charge on any atom is -0.294 e. The van der Waals surface area contributed by atoms with E-state index in [4.69, 9.17) is 0 Å². The number of allylic oxidation sites excluding steroid dienone is 4. The Morgan fingerprint density at radius 1 is 0.674 bits per heavy atom. The lowest BCUT2D eigenvalue weighted by Crippen LogP contribution is -2.77. The third kappa shape index (κ3) is 5.28. The maximum Gasteiger partial charge on any atom is 0.0321 e. The SMILES string of the molecule is CC1C(C)C(C)C(N(C)C2(C)CCCCCCC23CC(CC(C)(C)C)C2C=CC=CC23)(C2(C)CCCCCC2)C(C)C1C. The molecule has 0 saturated heterocycles. The molecule has 1 heteroatoms. The first-order valence-corrected chi connectivity index (χ1v) is 19.3. The monoisotopic (exact) mass is 592 g/mol. The van der Waals surface area contributed by atoms with Crippen molar-refractivity contribution in [2.45, 2.75) is 170 Å². The van der Waals surface area contributed by atoms with Gasteiger partial charge in [-0.3, -0.25) is 4.90 Å². The third-order valence-corrected chi connectivity index (χ3v) is 16.1. The molecule has 9 atom stereocenters. The predicted octanol–water partition coefficient (Wildman–Crippen LogP) is 12.1. The van der Waals surface area contributed by atoms with E-state index in [2.05, 4.69) is 105 Å². The van der Waals surface area contributed by atoms with Gasteiger partial charge in [-0.05, 0) is 116 Å². The molecule has 5 aliphatic carbocycles. The summed E-state index contributed by atoms with van der Waals surface area (Å²) in [5, 5.41) is 0. The summed E-state index contributed by atoms with van der Waals surface area (Å²) in [7, 11) is 2.72. The summed E-state index contributed by atoms with van der Waals surface area (Å²) in [6, 6.07) is 0. The lowest BCUT2D eigenvalue weighted by Gasteiger charge is -2.72. The van der Waals surface area contributed by atoms with E-state index < -0.39 is 0 Å². The van der Waals surface area contributed by atoms with Gasteiger partial charge in [0.25, 0.3) is 0 Å². The Hall–Kier alpha value is -0.560. The Bertz CT molecular complexity index is 988. The second-order valence-electron chi connectivity index (χ2n) is 19.0. The van der Waals surface area contributed by atoms with Gasteiger partial charge in [-0.25, -0.2) is 0 Å². The van der Waals surface area contributed by atoms with Gasteiger partial charge < -0.3 is 0 Å². The Balaban J connectivity index is 1.72. The van der Waals surface area contributed by atoms with Crippen molar-refractivity contribution < 1.29 is 0 Å². The zero-order valence-electron chi connectivity index (χ0n) is 30.8. The zero-order chi connectivity index (χ0) is 31.4. The van der Waals surface area contributed by atoms with Crippen LogP contribution in [0.25, 0.3) is 0 Å². The van der Waals surface area contributed by atoms with Crippen LogP contribution in [-0.4, -0.2) is 23.0 Å². The number of fused-ring (bicyclic) bond motifs is 2. The Morgan fingerprint density at radius 3 is 1.74 bits per heavy atom. The van der Waals surface area contributed by atoms with Crippen LogP contribution in [0.4, 0.5) is 0 Å². The summed E-state index contributed by atoms with van der Waals surface area (Å²) in [5.74, 6) is 5.88. The molecule has 4 fully saturated rings. The number of rotatable bonds is 4. The minimum atomic E-state index is 0.191. The number of nitrogens with zero attached hydrogens (tertiary/aromatic N) is 1. The average Bonchev–Trinajstić information content (AvgIpc) is 3.09. The third-order valence-electron chi connectivity index (χ3n) is 16.1. The smallest absolute Gasteiger partial charge is 0.0321 e. The van der Waals surface area contributed by atoms with Gasteiger partial charge >= 0.3 is 0 Å². The summed E-state index contributed by atoms with van der Waals surface area (Å²) in [4.78, 5) is 3.26. The number of hydrogen-bond acceptors (Lipinski definition) is 1. The lowest BCUT2D eigenvalue weighted by atomic mass is 9.44. The molecule has 0 aliphatic heterocycles. The highest BCUT2D eigenvalue weighted by Crippen LogP contribution is 2.69. The van der Waals surface area contributed by atoms with Crippen molar-refractivity contribution in [1.82, 2.24) is 4.90 Å². The summed E-state index contributed by atoms with van der Waals surface area (Å²) < 4.78 is 0. The second kappa shape index (κ2) is 12.2. The minimum absolute atomic E-state index is 0.191. The molecule has 43 heavy (non-hydrogen) atoms. The van der Waals surface area contributed by atoms with Gasteiger partial charge in [0.1, 0.15) is 0 Å². The van der Waals surface area contributed by atoms with Crippen molar-refractivity contribution in [2.75, 3.05) is 7.05 Å². The second-order valence-corrected chi connectivity index (χ2v) is 19.0. The van der Waals surface area contributed by atoms with Crippen molar-refractivity contribution in [3.8, 4) is 0 Å². The quantitative estimate of drug-likeness (QED) is 0.294. The van der Waals surface area contributed by atoms with E-state index in [9.17, 15) is 0 Å². The Kier molecular flexibility index (Phi) is 9.61. The van der Waals surface area contributed by atoms with Gasteiger partial charge in [0.05, 0.1) is 0 Å². The normalized spacial score (nSPS) is 47.3. The first-order valence-electron chi connectivity index (χ1n) is 19.3. The maximum atomic E-state index is 3.26. The highest BCUT2D eigenvalue weighted by molar-refractivity contribution is 5.28. The van der Waals surface area contributed by atoms with Crippen molar-refractivity contribution in [3.05, 3.63) is 24.3 Å². The summed E-state index contributed by atoms with van der Waals surface area (Å²) >= 11 is 0. The van der Waals surface area contributed by atoms with Crippen molar-refractivity contribution in [2.24, 2.45) is 63.6 Å². The molecule has 5 rings (SSSR count). The lowest BCUT2D eigenvalue weighted by molar-refractivity contribution is -0.222. The molecule has 246 valence electrons. The van der Waals surface area contributed by atoms with E-state index in [0.717, 1.165) is 23.7 Å². The Morgan fingerprint density at radius 2 is 1.19 bits per heavy atom. The fraction of sp³-hybridized carbons (Fsp3) is 0.905. The molecule has 0 bridgehead atoms. The Labute approximate surface area is 269 Å². The van der Waals surface area contributed by atoms with E-state index in [0.29, 0.717) is 39.9 Å². The van der Waals surface area contributed by atoms with Crippen LogP contribution in [0.15, 0.2) is 24.3 Å². The van der Waals surface area contributed by atoms with Crippen molar-refractivity contribution in [3.63, 3.8) is 0 Å². The molecule has 0 radical (unpaired) electrons. The molecule has 9 unspecified atom stereocenters.